The monoisotopic (exact) mass is 598 g/mol. The summed E-state index contributed by atoms with van der Waals surface area (Å²) >= 11 is 0. The lowest BCUT2D eigenvalue weighted by Crippen LogP contribution is -2.48. The summed E-state index contributed by atoms with van der Waals surface area (Å²) < 4.78 is 5.66. The summed E-state index contributed by atoms with van der Waals surface area (Å²) in [5, 5.41) is 11.8. The van der Waals surface area contributed by atoms with Crippen LogP contribution in [0.4, 0.5) is 10.5 Å². The molecule has 0 aromatic heterocycles. The highest BCUT2D eigenvalue weighted by atomic mass is 17.2. The first-order chi connectivity index (χ1) is 21.5. The van der Waals surface area contributed by atoms with Gasteiger partial charge in [0.25, 0.3) is 5.91 Å². The number of nitrogens with zero attached hydrogens (tertiary/aromatic N) is 2. The van der Waals surface area contributed by atoms with Crippen LogP contribution in [0.3, 0.4) is 0 Å². The first kappa shape index (κ1) is 31.3. The van der Waals surface area contributed by atoms with Crippen molar-refractivity contribution in [3.63, 3.8) is 0 Å². The topological polar surface area (TPSA) is 103 Å². The Bertz CT molecular complexity index is 1350. The summed E-state index contributed by atoms with van der Waals surface area (Å²) in [6.07, 6.45) is 4.99. The molecular formula is C35H42N4O5. The highest BCUT2D eigenvalue weighted by Crippen LogP contribution is 2.41. The predicted octanol–water partition coefficient (Wildman–Crippen LogP) is 6.08. The number of carbonyl (C=O) groups is 2. The molecule has 2 fully saturated rings. The Morgan fingerprint density at radius 3 is 2.30 bits per heavy atom. The van der Waals surface area contributed by atoms with E-state index in [1.165, 1.54) is 5.56 Å². The summed E-state index contributed by atoms with van der Waals surface area (Å²) in [5.41, 5.74) is 5.78. The summed E-state index contributed by atoms with van der Waals surface area (Å²) in [6.45, 7) is 7.19. The van der Waals surface area contributed by atoms with Gasteiger partial charge in [-0.2, -0.15) is 0 Å². The van der Waals surface area contributed by atoms with Crippen molar-refractivity contribution in [2.75, 3.05) is 31.7 Å². The molecule has 5 rings (SSSR count). The van der Waals surface area contributed by atoms with Crippen molar-refractivity contribution in [1.29, 1.82) is 0 Å². The Labute approximate surface area is 259 Å². The van der Waals surface area contributed by atoms with E-state index in [2.05, 4.69) is 57.6 Å². The predicted molar refractivity (Wildman–Crippen MR) is 170 cm³/mol. The van der Waals surface area contributed by atoms with E-state index in [9.17, 15) is 9.59 Å². The minimum absolute atomic E-state index is 0.0107. The Balaban J connectivity index is 1.15. The third-order valence-corrected chi connectivity index (χ3v) is 8.82. The van der Waals surface area contributed by atoms with Crippen LogP contribution in [0.15, 0.2) is 97.6 Å². The highest BCUT2D eigenvalue weighted by molar-refractivity contribution is 5.94. The van der Waals surface area contributed by atoms with Gasteiger partial charge in [0.15, 0.2) is 0 Å². The molecule has 1 unspecified atom stereocenters. The van der Waals surface area contributed by atoms with Crippen molar-refractivity contribution in [2.24, 2.45) is 5.92 Å². The fraction of sp³-hybridized carbons (Fsp3) is 0.371. The van der Waals surface area contributed by atoms with E-state index < -0.39 is 0 Å². The maximum Gasteiger partial charge on any atom is 0.410 e. The van der Waals surface area contributed by atoms with Crippen LogP contribution in [0.25, 0.3) is 0 Å². The lowest BCUT2D eigenvalue weighted by molar-refractivity contribution is -0.215. The SMILES string of the molecule is C=CCN(C(=O)OCc1ccc(NOO)cc1)C1CCN(C[C@H]2CC(NC(=O)c3ccccc3)C[C@@H]2c2ccccc2)CC1. The van der Waals surface area contributed by atoms with Gasteiger partial charge < -0.3 is 19.9 Å². The number of anilines is 1. The third-order valence-electron chi connectivity index (χ3n) is 8.82. The Hall–Kier alpha value is -4.18. The second-order valence-electron chi connectivity index (χ2n) is 11.7. The van der Waals surface area contributed by atoms with E-state index in [0.717, 1.165) is 50.9 Å². The molecule has 1 saturated heterocycles. The summed E-state index contributed by atoms with van der Waals surface area (Å²) in [6, 6.07) is 27.3. The van der Waals surface area contributed by atoms with Crippen LogP contribution in [-0.4, -0.2) is 65.3 Å². The van der Waals surface area contributed by atoms with Gasteiger partial charge in [0, 0.05) is 43.8 Å². The quantitative estimate of drug-likeness (QED) is 0.132. The van der Waals surface area contributed by atoms with Crippen molar-refractivity contribution in [2.45, 2.75) is 50.3 Å². The number of benzene rings is 3. The van der Waals surface area contributed by atoms with Crippen molar-refractivity contribution in [3.8, 4) is 0 Å². The lowest BCUT2D eigenvalue weighted by Gasteiger charge is -2.39. The van der Waals surface area contributed by atoms with Crippen molar-refractivity contribution in [1.82, 2.24) is 15.1 Å². The first-order valence-electron chi connectivity index (χ1n) is 15.4. The van der Waals surface area contributed by atoms with Gasteiger partial charge >= 0.3 is 6.09 Å². The Morgan fingerprint density at radius 1 is 0.955 bits per heavy atom. The van der Waals surface area contributed by atoms with E-state index >= 15 is 0 Å². The van der Waals surface area contributed by atoms with E-state index in [-0.39, 0.29) is 30.7 Å². The summed E-state index contributed by atoms with van der Waals surface area (Å²) in [5.74, 6) is 0.793. The zero-order valence-corrected chi connectivity index (χ0v) is 25.0. The number of rotatable bonds is 12. The number of likely N-dealkylation sites (tertiary alicyclic amines) is 1. The first-order valence-corrected chi connectivity index (χ1v) is 15.4. The number of carbonyl (C=O) groups excluding carboxylic acids is 2. The molecule has 0 spiro atoms. The molecule has 9 heteroatoms. The van der Waals surface area contributed by atoms with E-state index in [1.54, 1.807) is 35.2 Å². The second-order valence-corrected chi connectivity index (χ2v) is 11.7. The number of amides is 2. The van der Waals surface area contributed by atoms with Gasteiger partial charge in [0.2, 0.25) is 0 Å². The standard InChI is InChI=1S/C35H42N4O5/c1-2-19-39(35(41)43-25-26-13-15-30(16-14-26)37-44-42)32-17-20-38(21-18-32)24-29-22-31(23-33(29)27-9-5-3-6-10-27)36-34(40)28-11-7-4-8-12-28/h2-16,29,31-33,37,42H,1,17-25H2,(H,36,40)/t29-,31?,33-/m1/s1. The Morgan fingerprint density at radius 2 is 1.64 bits per heavy atom. The summed E-state index contributed by atoms with van der Waals surface area (Å²) in [4.78, 5) is 34.3. The zero-order chi connectivity index (χ0) is 30.7. The molecule has 2 aliphatic rings. The molecular weight excluding hydrogens is 556 g/mol. The summed E-state index contributed by atoms with van der Waals surface area (Å²) in [7, 11) is 0. The number of ether oxygens (including phenoxy) is 1. The average Bonchev–Trinajstić information content (AvgIpc) is 3.46. The molecule has 3 aromatic rings. The van der Waals surface area contributed by atoms with Gasteiger partial charge in [0.1, 0.15) is 6.61 Å². The number of hydrogen-bond acceptors (Lipinski definition) is 7. The minimum atomic E-state index is -0.346. The van der Waals surface area contributed by atoms with Crippen LogP contribution < -0.4 is 10.8 Å². The van der Waals surface area contributed by atoms with Gasteiger partial charge in [0.05, 0.1) is 5.69 Å². The largest absolute Gasteiger partial charge is 0.445 e. The molecule has 9 nitrogen and oxygen atoms in total. The Kier molecular flexibility index (Phi) is 11.0. The van der Waals surface area contributed by atoms with E-state index in [1.807, 2.05) is 30.3 Å². The van der Waals surface area contributed by atoms with E-state index in [4.69, 9.17) is 9.99 Å². The molecule has 232 valence electrons. The van der Waals surface area contributed by atoms with Gasteiger partial charge in [-0.05, 0) is 72.9 Å². The maximum atomic E-state index is 13.1. The zero-order valence-electron chi connectivity index (χ0n) is 25.0. The molecule has 1 heterocycles. The van der Waals surface area contributed by atoms with Crippen LogP contribution in [0.1, 0.15) is 53.1 Å². The molecule has 2 amide bonds. The van der Waals surface area contributed by atoms with Crippen molar-refractivity contribution < 1.29 is 24.6 Å². The van der Waals surface area contributed by atoms with Gasteiger partial charge in [-0.1, -0.05) is 66.7 Å². The smallest absolute Gasteiger partial charge is 0.410 e. The van der Waals surface area contributed by atoms with Gasteiger partial charge in [-0.25, -0.2) is 15.5 Å². The lowest BCUT2D eigenvalue weighted by atomic mass is 9.88. The molecule has 3 aromatic carbocycles. The van der Waals surface area contributed by atoms with Crippen LogP contribution in [-0.2, 0) is 16.3 Å². The molecule has 0 bridgehead atoms. The highest BCUT2D eigenvalue weighted by Gasteiger charge is 2.38. The fourth-order valence-corrected chi connectivity index (χ4v) is 6.62. The molecule has 3 atom stereocenters. The van der Waals surface area contributed by atoms with Crippen LogP contribution in [0, 0.1) is 5.92 Å². The molecule has 3 N–H and O–H groups in total. The minimum Gasteiger partial charge on any atom is -0.445 e. The number of piperidine rings is 1. The average molecular weight is 599 g/mol. The normalized spacial score (nSPS) is 20.5. The van der Waals surface area contributed by atoms with Crippen LogP contribution >= 0.6 is 0 Å². The van der Waals surface area contributed by atoms with Crippen LogP contribution in [0.5, 0.6) is 0 Å². The maximum absolute atomic E-state index is 13.1. The van der Waals surface area contributed by atoms with Gasteiger partial charge in [-0.15, -0.1) is 11.6 Å². The van der Waals surface area contributed by atoms with Crippen LogP contribution in [0.2, 0.25) is 0 Å². The number of nitrogens with one attached hydrogen (secondary N) is 2. The molecule has 1 aliphatic heterocycles. The van der Waals surface area contributed by atoms with E-state index in [0.29, 0.717) is 29.6 Å². The van der Waals surface area contributed by atoms with Crippen molar-refractivity contribution >= 4 is 17.7 Å². The van der Waals surface area contributed by atoms with Crippen molar-refractivity contribution in [3.05, 3.63) is 114 Å². The van der Waals surface area contributed by atoms with Gasteiger partial charge in [-0.3, -0.25) is 4.79 Å². The number of hydrogen-bond donors (Lipinski definition) is 3. The fourth-order valence-electron chi connectivity index (χ4n) is 6.62. The second kappa shape index (κ2) is 15.5. The molecule has 1 aliphatic carbocycles. The molecule has 44 heavy (non-hydrogen) atoms. The molecule has 0 radical (unpaired) electrons. The molecule has 1 saturated carbocycles. The third kappa shape index (κ3) is 8.25.